The van der Waals surface area contributed by atoms with Gasteiger partial charge in [0.25, 0.3) is 5.91 Å². The topological polar surface area (TPSA) is 32.3 Å². The Morgan fingerprint density at radius 1 is 1.29 bits per heavy atom. The summed E-state index contributed by atoms with van der Waals surface area (Å²) < 4.78 is 27.2. The number of nitrogens with zero attached hydrogens (tertiary/aromatic N) is 1. The minimum absolute atomic E-state index is 0.0373. The molecule has 2 rings (SSSR count). The number of piperidine rings is 1. The highest BCUT2D eigenvalue weighted by Crippen LogP contribution is 2.19. The Labute approximate surface area is 124 Å². The van der Waals surface area contributed by atoms with E-state index in [9.17, 15) is 13.6 Å². The summed E-state index contributed by atoms with van der Waals surface area (Å²) in [6.45, 7) is 6.49. The zero-order valence-corrected chi connectivity index (χ0v) is 12.6. The van der Waals surface area contributed by atoms with Crippen molar-refractivity contribution in [2.75, 3.05) is 26.2 Å². The van der Waals surface area contributed by atoms with Crippen molar-refractivity contribution >= 4 is 5.91 Å². The summed E-state index contributed by atoms with van der Waals surface area (Å²) >= 11 is 0. The molecule has 1 aromatic carbocycles. The molecule has 0 spiro atoms. The Hall–Kier alpha value is -1.49. The number of carbonyl (C=O) groups is 1. The lowest BCUT2D eigenvalue weighted by molar-refractivity contribution is 0.0722. The molecule has 1 aromatic rings. The smallest absolute Gasteiger partial charge is 0.256 e. The second-order valence-electron chi connectivity index (χ2n) is 5.62. The lowest BCUT2D eigenvalue weighted by Gasteiger charge is -2.29. The van der Waals surface area contributed by atoms with Gasteiger partial charge in [-0.25, -0.2) is 8.78 Å². The number of halogens is 2. The number of aryl methyl sites for hydroxylation is 1. The number of benzene rings is 1. The van der Waals surface area contributed by atoms with Crippen molar-refractivity contribution in [1.82, 2.24) is 10.2 Å². The number of carbonyl (C=O) groups excluding carboxylic acids is 1. The molecule has 1 amide bonds. The highest BCUT2D eigenvalue weighted by molar-refractivity contribution is 5.94. The Kier molecular flexibility index (Phi) is 5.28. The van der Waals surface area contributed by atoms with E-state index in [2.05, 4.69) is 5.32 Å². The summed E-state index contributed by atoms with van der Waals surface area (Å²) in [5.74, 6) is -1.31. The van der Waals surface area contributed by atoms with Crippen LogP contribution in [0.3, 0.4) is 0 Å². The molecule has 0 aliphatic carbocycles. The normalized spacial score (nSPS) is 16.0. The largest absolute Gasteiger partial charge is 0.339 e. The van der Waals surface area contributed by atoms with Crippen molar-refractivity contribution in [3.05, 3.63) is 34.9 Å². The second kappa shape index (κ2) is 6.98. The van der Waals surface area contributed by atoms with Gasteiger partial charge in [0, 0.05) is 19.2 Å². The van der Waals surface area contributed by atoms with E-state index in [0.29, 0.717) is 19.0 Å². The van der Waals surface area contributed by atoms with Crippen LogP contribution in [0.4, 0.5) is 8.78 Å². The minimum Gasteiger partial charge on any atom is -0.339 e. The third-order valence-corrected chi connectivity index (χ3v) is 4.08. The number of rotatable bonds is 4. The fourth-order valence-electron chi connectivity index (χ4n) is 2.72. The summed E-state index contributed by atoms with van der Waals surface area (Å²) in [4.78, 5) is 14.1. The van der Waals surface area contributed by atoms with E-state index in [-0.39, 0.29) is 17.0 Å². The number of hydrogen-bond donors (Lipinski definition) is 1. The van der Waals surface area contributed by atoms with Gasteiger partial charge in [0.2, 0.25) is 0 Å². The summed E-state index contributed by atoms with van der Waals surface area (Å²) in [6.07, 6.45) is 2.05. The predicted octanol–water partition coefficient (Wildman–Crippen LogP) is 2.73. The molecule has 1 fully saturated rings. The Morgan fingerprint density at radius 3 is 2.57 bits per heavy atom. The van der Waals surface area contributed by atoms with Crippen molar-refractivity contribution in [1.29, 1.82) is 0 Å². The standard InChI is InChI=1S/C16H22F2N2O/c1-3-20(10-12-4-6-19-7-5-12)16(21)13-8-11(2)14(17)9-15(13)18/h8-9,12,19H,3-7,10H2,1-2H3. The van der Waals surface area contributed by atoms with Crippen LogP contribution in [-0.4, -0.2) is 37.0 Å². The van der Waals surface area contributed by atoms with E-state index in [1.807, 2.05) is 6.92 Å². The molecule has 0 bridgehead atoms. The molecule has 1 aliphatic heterocycles. The monoisotopic (exact) mass is 296 g/mol. The van der Waals surface area contributed by atoms with Gasteiger partial charge >= 0.3 is 0 Å². The highest BCUT2D eigenvalue weighted by atomic mass is 19.1. The summed E-state index contributed by atoms with van der Waals surface area (Å²) in [5, 5.41) is 3.28. The molecule has 0 radical (unpaired) electrons. The number of nitrogens with one attached hydrogen (secondary N) is 1. The third-order valence-electron chi connectivity index (χ3n) is 4.08. The third kappa shape index (κ3) is 3.79. The van der Waals surface area contributed by atoms with Crippen molar-refractivity contribution < 1.29 is 13.6 Å². The van der Waals surface area contributed by atoms with Gasteiger partial charge in [0.15, 0.2) is 0 Å². The maximum atomic E-state index is 13.9. The van der Waals surface area contributed by atoms with E-state index in [4.69, 9.17) is 0 Å². The molecule has 1 saturated heterocycles. The number of amides is 1. The van der Waals surface area contributed by atoms with Gasteiger partial charge in [-0.1, -0.05) is 0 Å². The van der Waals surface area contributed by atoms with Crippen LogP contribution < -0.4 is 5.32 Å². The first-order valence-corrected chi connectivity index (χ1v) is 7.48. The van der Waals surface area contributed by atoms with E-state index >= 15 is 0 Å². The molecule has 1 aliphatic rings. The molecule has 0 unspecified atom stereocenters. The van der Waals surface area contributed by atoms with Crippen molar-refractivity contribution in [3.63, 3.8) is 0 Å². The van der Waals surface area contributed by atoms with Crippen LogP contribution in [0.1, 0.15) is 35.7 Å². The first-order valence-electron chi connectivity index (χ1n) is 7.48. The quantitative estimate of drug-likeness (QED) is 0.926. The maximum Gasteiger partial charge on any atom is 0.256 e. The van der Waals surface area contributed by atoms with E-state index in [1.165, 1.54) is 13.0 Å². The molecule has 1 N–H and O–H groups in total. The molecule has 0 atom stereocenters. The van der Waals surface area contributed by atoms with Crippen LogP contribution in [0.5, 0.6) is 0 Å². The minimum atomic E-state index is -0.785. The average Bonchev–Trinajstić information content (AvgIpc) is 2.49. The van der Waals surface area contributed by atoms with Crippen LogP contribution in [0.2, 0.25) is 0 Å². The Balaban J connectivity index is 2.14. The van der Waals surface area contributed by atoms with Crippen LogP contribution in [0.25, 0.3) is 0 Å². The van der Waals surface area contributed by atoms with Crippen LogP contribution >= 0.6 is 0 Å². The van der Waals surface area contributed by atoms with Crippen LogP contribution in [0, 0.1) is 24.5 Å². The Morgan fingerprint density at radius 2 is 1.95 bits per heavy atom. The van der Waals surface area contributed by atoms with Crippen LogP contribution in [-0.2, 0) is 0 Å². The molecule has 1 heterocycles. The predicted molar refractivity (Wildman–Crippen MR) is 78.3 cm³/mol. The molecule has 0 aromatic heterocycles. The van der Waals surface area contributed by atoms with Gasteiger partial charge in [0.05, 0.1) is 5.56 Å². The van der Waals surface area contributed by atoms with Crippen molar-refractivity contribution in [2.45, 2.75) is 26.7 Å². The zero-order chi connectivity index (χ0) is 15.4. The Bertz CT molecular complexity index is 513. The van der Waals surface area contributed by atoms with Gasteiger partial charge in [0.1, 0.15) is 11.6 Å². The van der Waals surface area contributed by atoms with Gasteiger partial charge < -0.3 is 10.2 Å². The first-order chi connectivity index (χ1) is 10.0. The SMILES string of the molecule is CCN(CC1CCNCC1)C(=O)c1cc(C)c(F)cc1F. The average molecular weight is 296 g/mol. The first kappa shape index (κ1) is 15.9. The van der Waals surface area contributed by atoms with Gasteiger partial charge in [-0.15, -0.1) is 0 Å². The summed E-state index contributed by atoms with van der Waals surface area (Å²) in [5.41, 5.74) is 0.252. The summed E-state index contributed by atoms with van der Waals surface area (Å²) in [6, 6.07) is 2.10. The fraction of sp³-hybridized carbons (Fsp3) is 0.562. The van der Waals surface area contributed by atoms with E-state index in [1.54, 1.807) is 4.90 Å². The second-order valence-corrected chi connectivity index (χ2v) is 5.62. The highest BCUT2D eigenvalue weighted by Gasteiger charge is 2.23. The molecule has 3 nitrogen and oxygen atoms in total. The lowest BCUT2D eigenvalue weighted by Crippen LogP contribution is -2.39. The van der Waals surface area contributed by atoms with Crippen LogP contribution in [0.15, 0.2) is 12.1 Å². The fourth-order valence-corrected chi connectivity index (χ4v) is 2.72. The van der Waals surface area contributed by atoms with Crippen molar-refractivity contribution in [3.8, 4) is 0 Å². The number of hydrogen-bond acceptors (Lipinski definition) is 2. The maximum absolute atomic E-state index is 13.9. The molecule has 0 saturated carbocycles. The van der Waals surface area contributed by atoms with Crippen molar-refractivity contribution in [2.24, 2.45) is 5.92 Å². The van der Waals surface area contributed by atoms with E-state index in [0.717, 1.165) is 32.0 Å². The molecule has 21 heavy (non-hydrogen) atoms. The van der Waals surface area contributed by atoms with Gasteiger partial charge in [-0.2, -0.15) is 0 Å². The van der Waals surface area contributed by atoms with E-state index < -0.39 is 11.6 Å². The molecule has 5 heteroatoms. The lowest BCUT2D eigenvalue weighted by atomic mass is 9.97. The molecular formula is C16H22F2N2O. The molecule has 116 valence electrons. The zero-order valence-electron chi connectivity index (χ0n) is 12.6. The van der Waals surface area contributed by atoms with Gasteiger partial charge in [-0.05, 0) is 57.3 Å². The van der Waals surface area contributed by atoms with Gasteiger partial charge in [-0.3, -0.25) is 4.79 Å². The summed E-state index contributed by atoms with van der Waals surface area (Å²) in [7, 11) is 0. The molecular weight excluding hydrogens is 274 g/mol.